The maximum atomic E-state index is 11.4. The lowest BCUT2D eigenvalue weighted by molar-refractivity contribution is 0.0593. The van der Waals surface area contributed by atoms with Gasteiger partial charge in [0.25, 0.3) is 0 Å². The van der Waals surface area contributed by atoms with Gasteiger partial charge in [0.05, 0.1) is 31.4 Å². The maximum absolute atomic E-state index is 11.4. The smallest absolute Gasteiger partial charge is 0.358 e. The molecule has 3 aromatic rings. The van der Waals surface area contributed by atoms with Crippen molar-refractivity contribution in [3.05, 3.63) is 42.4 Å². The topological polar surface area (TPSA) is 109 Å². The fourth-order valence-corrected chi connectivity index (χ4v) is 2.96. The van der Waals surface area contributed by atoms with Crippen molar-refractivity contribution in [3.8, 4) is 11.5 Å². The lowest BCUT2D eigenvalue weighted by Crippen LogP contribution is -2.05. The number of hydrogen-bond donors (Lipinski definition) is 0. The summed E-state index contributed by atoms with van der Waals surface area (Å²) in [6, 6.07) is 0. The van der Waals surface area contributed by atoms with Crippen LogP contribution in [-0.4, -0.2) is 47.8 Å². The molecular formula is C15H15N7O2S. The van der Waals surface area contributed by atoms with Crippen LogP contribution < -0.4 is 0 Å². The first kappa shape index (κ1) is 17.0. The van der Waals surface area contributed by atoms with Gasteiger partial charge in [-0.2, -0.15) is 0 Å². The van der Waals surface area contributed by atoms with Gasteiger partial charge in [0, 0.05) is 24.7 Å². The molecule has 0 saturated carbocycles. The molecule has 0 saturated heterocycles. The molecular weight excluding hydrogens is 342 g/mol. The Labute approximate surface area is 147 Å². The van der Waals surface area contributed by atoms with Crippen LogP contribution in [0.15, 0.2) is 36.1 Å². The van der Waals surface area contributed by atoms with Crippen molar-refractivity contribution in [2.24, 2.45) is 0 Å². The van der Waals surface area contributed by atoms with Gasteiger partial charge >= 0.3 is 5.97 Å². The van der Waals surface area contributed by atoms with Crippen molar-refractivity contribution in [2.75, 3.05) is 7.11 Å². The summed E-state index contributed by atoms with van der Waals surface area (Å²) in [5.74, 6) is 0.712. The Morgan fingerprint density at radius 1 is 1.16 bits per heavy atom. The molecule has 0 aromatic carbocycles. The van der Waals surface area contributed by atoms with Gasteiger partial charge in [-0.15, -0.1) is 10.2 Å². The molecule has 0 unspecified atom stereocenters. The van der Waals surface area contributed by atoms with E-state index in [4.69, 9.17) is 0 Å². The van der Waals surface area contributed by atoms with Gasteiger partial charge in [0.1, 0.15) is 5.69 Å². The monoisotopic (exact) mass is 357 g/mol. The Morgan fingerprint density at radius 2 is 2.04 bits per heavy atom. The van der Waals surface area contributed by atoms with Crippen molar-refractivity contribution >= 4 is 17.7 Å². The van der Waals surface area contributed by atoms with Gasteiger partial charge in [0.2, 0.25) is 0 Å². The first-order valence-electron chi connectivity index (χ1n) is 7.44. The standard InChI is InChI=1S/C15H15N7O2S/c1-3-22-13(11-7-16-4-5-17-11)20-21-15(22)25-9-10-6-19-12(8-18-10)14(23)24-2/h4-8H,3,9H2,1-2H3. The van der Waals surface area contributed by atoms with Gasteiger partial charge < -0.3 is 9.30 Å². The molecule has 3 heterocycles. The molecule has 0 bridgehead atoms. The van der Waals surface area contributed by atoms with Crippen LogP contribution in [0.2, 0.25) is 0 Å². The van der Waals surface area contributed by atoms with E-state index in [0.29, 0.717) is 23.8 Å². The van der Waals surface area contributed by atoms with E-state index in [1.54, 1.807) is 24.8 Å². The number of esters is 1. The molecule has 9 nitrogen and oxygen atoms in total. The first-order valence-corrected chi connectivity index (χ1v) is 8.43. The average molecular weight is 357 g/mol. The summed E-state index contributed by atoms with van der Waals surface area (Å²) < 4.78 is 6.56. The number of carbonyl (C=O) groups excluding carboxylic acids is 1. The van der Waals surface area contributed by atoms with Gasteiger partial charge in [0.15, 0.2) is 16.7 Å². The predicted molar refractivity (Wildman–Crippen MR) is 89.7 cm³/mol. The number of aromatic nitrogens is 7. The van der Waals surface area contributed by atoms with Gasteiger partial charge in [-0.25, -0.2) is 14.8 Å². The Hall–Kier alpha value is -2.88. The molecule has 128 valence electrons. The van der Waals surface area contributed by atoms with Crippen molar-refractivity contribution in [1.29, 1.82) is 0 Å². The Balaban J connectivity index is 1.73. The van der Waals surface area contributed by atoms with Crippen LogP contribution in [0.1, 0.15) is 23.1 Å². The molecule has 3 rings (SSSR count). The summed E-state index contributed by atoms with van der Waals surface area (Å²) in [4.78, 5) is 28.0. The molecule has 0 aliphatic heterocycles. The minimum absolute atomic E-state index is 0.179. The molecule has 0 aliphatic carbocycles. The van der Waals surface area contributed by atoms with Crippen molar-refractivity contribution < 1.29 is 9.53 Å². The van der Waals surface area contributed by atoms with Crippen LogP contribution in [0.25, 0.3) is 11.5 Å². The normalized spacial score (nSPS) is 10.6. The highest BCUT2D eigenvalue weighted by atomic mass is 32.2. The number of nitrogens with zero attached hydrogens (tertiary/aromatic N) is 7. The minimum atomic E-state index is -0.508. The van der Waals surface area contributed by atoms with E-state index < -0.39 is 5.97 Å². The van der Waals surface area contributed by atoms with Crippen LogP contribution >= 0.6 is 11.8 Å². The highest BCUT2D eigenvalue weighted by Crippen LogP contribution is 2.24. The summed E-state index contributed by atoms with van der Waals surface area (Å²) in [5.41, 5.74) is 1.58. The first-order chi connectivity index (χ1) is 12.2. The van der Waals surface area contributed by atoms with Gasteiger partial charge in [-0.3, -0.25) is 9.97 Å². The van der Waals surface area contributed by atoms with E-state index >= 15 is 0 Å². The number of carbonyl (C=O) groups is 1. The van der Waals surface area contributed by atoms with Crippen molar-refractivity contribution in [3.63, 3.8) is 0 Å². The van der Waals surface area contributed by atoms with E-state index in [1.165, 1.54) is 25.1 Å². The fourth-order valence-electron chi connectivity index (χ4n) is 2.06. The summed E-state index contributed by atoms with van der Waals surface area (Å²) in [6.07, 6.45) is 7.84. The molecule has 0 aliphatic rings. The molecule has 10 heteroatoms. The summed E-state index contributed by atoms with van der Waals surface area (Å²) in [5, 5.41) is 9.19. The summed E-state index contributed by atoms with van der Waals surface area (Å²) in [7, 11) is 1.31. The average Bonchev–Trinajstić information content (AvgIpc) is 3.09. The zero-order chi connectivity index (χ0) is 17.6. The number of rotatable bonds is 6. The third-order valence-electron chi connectivity index (χ3n) is 3.27. The van der Waals surface area contributed by atoms with Crippen molar-refractivity contribution in [1.82, 2.24) is 34.7 Å². The Morgan fingerprint density at radius 3 is 2.68 bits per heavy atom. The van der Waals surface area contributed by atoms with E-state index in [0.717, 1.165) is 10.9 Å². The van der Waals surface area contributed by atoms with E-state index in [9.17, 15) is 4.79 Å². The van der Waals surface area contributed by atoms with E-state index in [1.807, 2.05) is 11.5 Å². The molecule has 0 amide bonds. The fraction of sp³-hybridized carbons (Fsp3) is 0.267. The molecule has 0 atom stereocenters. The van der Waals surface area contributed by atoms with Crippen LogP contribution in [0, 0.1) is 0 Å². The summed E-state index contributed by atoms with van der Waals surface area (Å²) >= 11 is 1.48. The SMILES string of the molecule is CCn1c(SCc2cnc(C(=O)OC)cn2)nnc1-c1cnccn1. The maximum Gasteiger partial charge on any atom is 0.358 e. The van der Waals surface area contributed by atoms with Crippen molar-refractivity contribution in [2.45, 2.75) is 24.4 Å². The predicted octanol–water partition coefficient (Wildman–Crippen LogP) is 1.62. The van der Waals surface area contributed by atoms with Crippen LogP contribution in [0.4, 0.5) is 0 Å². The second-order valence-electron chi connectivity index (χ2n) is 4.81. The largest absolute Gasteiger partial charge is 0.464 e. The molecule has 25 heavy (non-hydrogen) atoms. The molecule has 0 fully saturated rings. The number of hydrogen-bond acceptors (Lipinski definition) is 9. The second-order valence-corrected chi connectivity index (χ2v) is 5.76. The Bertz CT molecular complexity index is 852. The number of thioether (sulfide) groups is 1. The van der Waals surface area contributed by atoms with Gasteiger partial charge in [-0.05, 0) is 6.92 Å². The van der Waals surface area contributed by atoms with Gasteiger partial charge in [-0.1, -0.05) is 11.8 Å². The second kappa shape index (κ2) is 7.79. The molecule has 3 aromatic heterocycles. The van der Waals surface area contributed by atoms with Crippen LogP contribution in [-0.2, 0) is 17.0 Å². The van der Waals surface area contributed by atoms with E-state index in [2.05, 4.69) is 34.9 Å². The molecule has 0 spiro atoms. The highest BCUT2D eigenvalue weighted by molar-refractivity contribution is 7.98. The number of ether oxygens (including phenoxy) is 1. The minimum Gasteiger partial charge on any atom is -0.464 e. The quantitative estimate of drug-likeness (QED) is 0.480. The van der Waals surface area contributed by atoms with Crippen LogP contribution in [0.3, 0.4) is 0 Å². The lowest BCUT2D eigenvalue weighted by atomic mass is 10.4. The highest BCUT2D eigenvalue weighted by Gasteiger charge is 2.15. The third kappa shape index (κ3) is 3.79. The van der Waals surface area contributed by atoms with Crippen LogP contribution in [0.5, 0.6) is 0 Å². The summed E-state index contributed by atoms with van der Waals surface area (Å²) in [6.45, 7) is 2.71. The molecule has 0 radical (unpaired) electrons. The molecule has 0 N–H and O–H groups in total. The third-order valence-corrected chi connectivity index (χ3v) is 4.27. The zero-order valence-electron chi connectivity index (χ0n) is 13.7. The van der Waals surface area contributed by atoms with E-state index in [-0.39, 0.29) is 5.69 Å². The Kier molecular flexibility index (Phi) is 5.29. The zero-order valence-corrected chi connectivity index (χ0v) is 14.5. The number of methoxy groups -OCH3 is 1. The lowest BCUT2D eigenvalue weighted by Gasteiger charge is -2.06.